The maximum atomic E-state index is 13.8. The number of hydrogen-bond donors (Lipinski definition) is 0. The fourth-order valence-electron chi connectivity index (χ4n) is 6.74. The van der Waals surface area contributed by atoms with Gasteiger partial charge in [-0.1, -0.05) is 74.3 Å². The number of rotatable bonds is 6. The second-order valence-electron chi connectivity index (χ2n) is 14.4. The smallest absolute Gasteiger partial charge is 0.123 e. The van der Waals surface area contributed by atoms with Crippen molar-refractivity contribution >= 4 is 44.8 Å². The number of aromatic nitrogens is 2. The van der Waals surface area contributed by atoms with Gasteiger partial charge in [-0.3, -0.25) is 0 Å². The summed E-state index contributed by atoms with van der Waals surface area (Å²) in [6, 6.07) is 34.5. The molecule has 50 heavy (non-hydrogen) atoms. The first-order valence-corrected chi connectivity index (χ1v) is 21.2. The number of hydrogen-bond acceptors (Lipinski definition) is 3. The van der Waals surface area contributed by atoms with Crippen molar-refractivity contribution < 1.29 is 24.5 Å². The van der Waals surface area contributed by atoms with Gasteiger partial charge in [0.25, 0.3) is 0 Å². The minimum Gasteiger partial charge on any atom is -0.305 e. The molecule has 0 bridgehead atoms. The van der Waals surface area contributed by atoms with Gasteiger partial charge >= 0.3 is 0 Å². The van der Waals surface area contributed by atoms with E-state index in [4.69, 9.17) is 0 Å². The molecule has 0 aliphatic heterocycles. The molecule has 0 aliphatic rings. The molecule has 6 heteroatoms. The number of halogens is 1. The minimum atomic E-state index is -1.34. The summed E-state index contributed by atoms with van der Waals surface area (Å²) in [6.45, 7) is 18.2. The van der Waals surface area contributed by atoms with Crippen LogP contribution in [0.3, 0.4) is 0 Å². The van der Waals surface area contributed by atoms with Crippen LogP contribution in [0.4, 0.5) is 4.39 Å². The minimum absolute atomic E-state index is 0. The van der Waals surface area contributed by atoms with Gasteiger partial charge in [-0.25, -0.2) is 4.39 Å². The molecular formula is C44H43FIrN2SSi-2. The van der Waals surface area contributed by atoms with Crippen LogP contribution in [0.2, 0.25) is 19.6 Å². The molecule has 0 N–H and O–H groups in total. The Bertz CT molecular complexity index is 2250. The standard InChI is InChI=1S/C26H19FNS.C18H24NSi.Ir/c1-15-11-16(2)25(17(3)12-15)18-9-10-28-23(13-18)21-6-4-5-20-22-14-19(27)7-8-24(22)29-26(20)21;1-14(2)11-16-12-17(15-9-7-6-8-10-15)19-13-18(16)20(3,4)5;/h4-5,7-14H,1-3H3;6-9,12-14H,11H2,1-5H3;/q2*-1;. The summed E-state index contributed by atoms with van der Waals surface area (Å²) in [4.78, 5) is 9.34. The van der Waals surface area contributed by atoms with Crippen LogP contribution in [0.25, 0.3) is 53.8 Å². The molecule has 2 nitrogen and oxygen atoms in total. The van der Waals surface area contributed by atoms with Crippen molar-refractivity contribution in [1.29, 1.82) is 0 Å². The predicted octanol–water partition coefficient (Wildman–Crippen LogP) is 11.9. The molecule has 0 atom stereocenters. The molecule has 3 aromatic heterocycles. The number of nitrogens with zero attached hydrogens (tertiary/aromatic N) is 2. The zero-order chi connectivity index (χ0) is 34.9. The molecule has 1 radical (unpaired) electrons. The van der Waals surface area contributed by atoms with Crippen molar-refractivity contribution in [3.63, 3.8) is 0 Å². The average Bonchev–Trinajstić information content (AvgIpc) is 3.42. The van der Waals surface area contributed by atoms with Gasteiger partial charge in [-0.2, -0.15) is 11.3 Å². The van der Waals surface area contributed by atoms with E-state index in [1.54, 1.807) is 17.4 Å². The van der Waals surface area contributed by atoms with Crippen LogP contribution in [0.1, 0.15) is 36.1 Å². The number of thiophene rings is 1. The normalized spacial score (nSPS) is 11.4. The van der Waals surface area contributed by atoms with Gasteiger partial charge in [-0.05, 0) is 106 Å². The van der Waals surface area contributed by atoms with Gasteiger partial charge in [0.1, 0.15) is 5.82 Å². The van der Waals surface area contributed by atoms with E-state index < -0.39 is 8.07 Å². The van der Waals surface area contributed by atoms with E-state index in [0.29, 0.717) is 5.92 Å². The summed E-state index contributed by atoms with van der Waals surface area (Å²) in [5.41, 5.74) is 11.7. The molecule has 3 heterocycles. The Morgan fingerprint density at radius 3 is 2.24 bits per heavy atom. The van der Waals surface area contributed by atoms with Crippen LogP contribution in [0.15, 0.2) is 97.3 Å². The average molecular weight is 871 g/mol. The fraction of sp³-hybridized carbons (Fsp3) is 0.227. The molecule has 7 aromatic rings. The van der Waals surface area contributed by atoms with Gasteiger partial charge in [0, 0.05) is 37.2 Å². The third-order valence-electron chi connectivity index (χ3n) is 8.79. The molecule has 4 aromatic carbocycles. The molecule has 0 amide bonds. The van der Waals surface area contributed by atoms with Crippen molar-refractivity contribution in [3.8, 4) is 33.6 Å². The van der Waals surface area contributed by atoms with Gasteiger partial charge in [0.2, 0.25) is 0 Å². The van der Waals surface area contributed by atoms with E-state index >= 15 is 0 Å². The Hall–Kier alpha value is -3.80. The van der Waals surface area contributed by atoms with E-state index in [2.05, 4.69) is 119 Å². The quantitative estimate of drug-likeness (QED) is 0.123. The van der Waals surface area contributed by atoms with Gasteiger partial charge in [-0.15, -0.1) is 59.7 Å². The summed E-state index contributed by atoms with van der Waals surface area (Å²) < 4.78 is 16.0. The summed E-state index contributed by atoms with van der Waals surface area (Å²) in [7, 11) is -1.34. The topological polar surface area (TPSA) is 25.8 Å². The molecule has 0 saturated heterocycles. The molecular weight excluding hydrogens is 828 g/mol. The van der Waals surface area contributed by atoms with Gasteiger partial charge in [0.15, 0.2) is 0 Å². The Labute approximate surface area is 315 Å². The van der Waals surface area contributed by atoms with Crippen molar-refractivity contribution in [2.24, 2.45) is 5.92 Å². The van der Waals surface area contributed by atoms with Crippen LogP contribution in [0.5, 0.6) is 0 Å². The Morgan fingerprint density at radius 2 is 1.56 bits per heavy atom. The monoisotopic (exact) mass is 871 g/mol. The second-order valence-corrected chi connectivity index (χ2v) is 20.5. The maximum Gasteiger partial charge on any atom is 0.123 e. The third kappa shape index (κ3) is 8.21. The second kappa shape index (κ2) is 15.6. The fourth-order valence-corrected chi connectivity index (χ4v) is 9.52. The molecule has 7 rings (SSSR count). The van der Waals surface area contributed by atoms with Crippen LogP contribution in [-0.2, 0) is 26.5 Å². The summed E-state index contributed by atoms with van der Waals surface area (Å²) in [5.74, 6) is 0.456. The Kier molecular flexibility index (Phi) is 11.7. The number of pyridine rings is 2. The number of fused-ring (bicyclic) bond motifs is 3. The molecule has 0 aliphatic carbocycles. The molecule has 0 spiro atoms. The molecule has 0 fully saturated rings. The van der Waals surface area contributed by atoms with Crippen LogP contribution in [0, 0.1) is 44.6 Å². The van der Waals surface area contributed by atoms with Crippen molar-refractivity contribution in [1.82, 2.24) is 9.97 Å². The van der Waals surface area contributed by atoms with E-state index in [9.17, 15) is 4.39 Å². The van der Waals surface area contributed by atoms with Gasteiger partial charge < -0.3 is 9.97 Å². The Balaban J connectivity index is 0.000000204. The van der Waals surface area contributed by atoms with E-state index in [1.165, 1.54) is 39.1 Å². The predicted molar refractivity (Wildman–Crippen MR) is 211 cm³/mol. The zero-order valence-corrected chi connectivity index (χ0v) is 34.2. The molecule has 0 unspecified atom stereocenters. The van der Waals surface area contributed by atoms with Crippen molar-refractivity contribution in [2.45, 2.75) is 60.7 Å². The first-order valence-electron chi connectivity index (χ1n) is 16.9. The SMILES string of the molecule is CC(C)Cc1cc(-c2[c-]cccc2)ncc1[Si](C)(C)C.Cc1cc(C)c(-c2ccnc(-c3[c-]ccc4c3sc3ccc(F)cc34)c2)c(C)c1.[Ir]. The van der Waals surface area contributed by atoms with E-state index in [1.807, 2.05) is 42.6 Å². The van der Waals surface area contributed by atoms with Crippen LogP contribution in [-0.4, -0.2) is 18.0 Å². The maximum absolute atomic E-state index is 13.8. The first kappa shape index (κ1) is 37.5. The van der Waals surface area contributed by atoms with Crippen LogP contribution >= 0.6 is 11.3 Å². The summed E-state index contributed by atoms with van der Waals surface area (Å²) in [6.07, 6.45) is 5.10. The van der Waals surface area contributed by atoms with Crippen LogP contribution < -0.4 is 5.19 Å². The zero-order valence-electron chi connectivity index (χ0n) is 30.0. The Morgan fingerprint density at radius 1 is 0.800 bits per heavy atom. The molecule has 0 saturated carbocycles. The van der Waals surface area contributed by atoms with E-state index in [0.717, 1.165) is 54.7 Å². The number of benzene rings is 4. The summed E-state index contributed by atoms with van der Waals surface area (Å²) in [5, 5.41) is 3.49. The van der Waals surface area contributed by atoms with Crippen molar-refractivity contribution in [2.75, 3.05) is 0 Å². The summed E-state index contributed by atoms with van der Waals surface area (Å²) >= 11 is 1.66. The molecule has 257 valence electrons. The van der Waals surface area contributed by atoms with Gasteiger partial charge in [0.05, 0.1) is 8.07 Å². The first-order chi connectivity index (χ1) is 23.4. The largest absolute Gasteiger partial charge is 0.305 e. The van der Waals surface area contributed by atoms with E-state index in [-0.39, 0.29) is 25.9 Å². The third-order valence-corrected chi connectivity index (χ3v) is 12.1. The number of aryl methyl sites for hydroxylation is 3. The van der Waals surface area contributed by atoms with Crippen molar-refractivity contribution in [3.05, 3.63) is 138 Å².